The second-order valence-corrected chi connectivity index (χ2v) is 9.13. The lowest BCUT2D eigenvalue weighted by Gasteiger charge is -2.33. The SMILES string of the molecule is Cc1cccc(C)c1OCCCC(=O)N1CCC(NC(=O)CC(C)(C)C)CC1. The van der Waals surface area contributed by atoms with Crippen molar-refractivity contribution in [3.05, 3.63) is 29.3 Å². The van der Waals surface area contributed by atoms with Crippen LogP contribution in [0.15, 0.2) is 18.2 Å². The van der Waals surface area contributed by atoms with Crippen molar-refractivity contribution in [1.82, 2.24) is 10.2 Å². The van der Waals surface area contributed by atoms with Crippen LogP contribution in [-0.4, -0.2) is 42.5 Å². The summed E-state index contributed by atoms with van der Waals surface area (Å²) in [6, 6.07) is 6.29. The summed E-state index contributed by atoms with van der Waals surface area (Å²) in [5.74, 6) is 1.23. The molecule has 0 radical (unpaired) electrons. The van der Waals surface area contributed by atoms with Crippen molar-refractivity contribution < 1.29 is 14.3 Å². The molecule has 1 aromatic rings. The third-order valence-electron chi connectivity index (χ3n) is 5.09. The molecule has 5 nitrogen and oxygen atoms in total. The summed E-state index contributed by atoms with van der Waals surface area (Å²) in [6.45, 7) is 12.3. The number of likely N-dealkylation sites (tertiary alicyclic amines) is 1. The van der Waals surface area contributed by atoms with Crippen LogP contribution in [0.1, 0.15) is 64.0 Å². The Bertz CT molecular complexity index is 651. The first kappa shape index (κ1) is 22.3. The van der Waals surface area contributed by atoms with Gasteiger partial charge in [0.05, 0.1) is 6.61 Å². The molecule has 1 aliphatic heterocycles. The second kappa shape index (κ2) is 9.94. The van der Waals surface area contributed by atoms with Crippen LogP contribution in [0.5, 0.6) is 5.75 Å². The number of hydrogen-bond donors (Lipinski definition) is 1. The number of nitrogens with zero attached hydrogens (tertiary/aromatic N) is 1. The predicted octanol–water partition coefficient (Wildman–Crippen LogP) is 4.01. The van der Waals surface area contributed by atoms with Gasteiger partial charge in [0.25, 0.3) is 0 Å². The van der Waals surface area contributed by atoms with E-state index >= 15 is 0 Å². The summed E-state index contributed by atoms with van der Waals surface area (Å²) < 4.78 is 5.89. The first-order valence-corrected chi connectivity index (χ1v) is 10.4. The third-order valence-corrected chi connectivity index (χ3v) is 5.09. The number of nitrogens with one attached hydrogen (secondary N) is 1. The molecule has 28 heavy (non-hydrogen) atoms. The number of piperidine rings is 1. The van der Waals surface area contributed by atoms with Gasteiger partial charge >= 0.3 is 0 Å². The number of aryl methyl sites for hydroxylation is 2. The minimum absolute atomic E-state index is 0.000345. The Morgan fingerprint density at radius 2 is 1.75 bits per heavy atom. The van der Waals surface area contributed by atoms with E-state index in [1.54, 1.807) is 0 Å². The van der Waals surface area contributed by atoms with Crippen molar-refractivity contribution in [2.45, 2.75) is 72.8 Å². The van der Waals surface area contributed by atoms with Gasteiger partial charge in [0.1, 0.15) is 5.75 Å². The lowest BCUT2D eigenvalue weighted by molar-refractivity contribution is -0.132. The van der Waals surface area contributed by atoms with Gasteiger partial charge in [-0.25, -0.2) is 0 Å². The molecule has 0 aliphatic carbocycles. The molecule has 0 bridgehead atoms. The topological polar surface area (TPSA) is 58.6 Å². The van der Waals surface area contributed by atoms with E-state index in [4.69, 9.17) is 4.74 Å². The van der Waals surface area contributed by atoms with E-state index in [0.717, 1.165) is 49.2 Å². The van der Waals surface area contributed by atoms with Crippen molar-refractivity contribution in [3.63, 3.8) is 0 Å². The van der Waals surface area contributed by atoms with Gasteiger partial charge in [-0.05, 0) is 49.7 Å². The molecule has 1 aliphatic rings. The highest BCUT2D eigenvalue weighted by Crippen LogP contribution is 2.23. The Labute approximate surface area is 169 Å². The second-order valence-electron chi connectivity index (χ2n) is 9.13. The van der Waals surface area contributed by atoms with Crippen LogP contribution in [0.3, 0.4) is 0 Å². The van der Waals surface area contributed by atoms with E-state index < -0.39 is 0 Å². The molecule has 5 heteroatoms. The average molecular weight is 389 g/mol. The summed E-state index contributed by atoms with van der Waals surface area (Å²) in [7, 11) is 0. The van der Waals surface area contributed by atoms with E-state index in [1.165, 1.54) is 0 Å². The molecular weight excluding hydrogens is 352 g/mol. The molecule has 1 aromatic carbocycles. The molecule has 2 amide bonds. The monoisotopic (exact) mass is 388 g/mol. The molecule has 2 rings (SSSR count). The molecule has 0 aromatic heterocycles. The fourth-order valence-corrected chi connectivity index (χ4v) is 3.62. The summed E-state index contributed by atoms with van der Waals surface area (Å²) in [5, 5.41) is 3.12. The van der Waals surface area contributed by atoms with Gasteiger partial charge in [-0.1, -0.05) is 39.0 Å². The quantitative estimate of drug-likeness (QED) is 0.718. The standard InChI is InChI=1S/C23H36N2O3/c1-17-8-6-9-18(2)22(17)28-15-7-10-21(27)25-13-11-19(12-14-25)24-20(26)16-23(3,4)5/h6,8-9,19H,7,10-16H2,1-5H3,(H,24,26). The number of para-hydroxylation sites is 1. The highest BCUT2D eigenvalue weighted by Gasteiger charge is 2.25. The maximum atomic E-state index is 12.4. The number of rotatable bonds is 7. The molecule has 0 atom stereocenters. The predicted molar refractivity (Wildman–Crippen MR) is 112 cm³/mol. The zero-order valence-electron chi connectivity index (χ0n) is 18.1. The van der Waals surface area contributed by atoms with E-state index in [1.807, 2.05) is 36.9 Å². The van der Waals surface area contributed by atoms with E-state index in [0.29, 0.717) is 19.4 Å². The average Bonchev–Trinajstić information content (AvgIpc) is 2.59. The molecular formula is C23H36N2O3. The molecule has 0 spiro atoms. The summed E-state index contributed by atoms with van der Waals surface area (Å²) >= 11 is 0. The molecule has 156 valence electrons. The lowest BCUT2D eigenvalue weighted by Crippen LogP contribution is -2.47. The largest absolute Gasteiger partial charge is 0.493 e. The van der Waals surface area contributed by atoms with Crippen LogP contribution in [0.2, 0.25) is 0 Å². The van der Waals surface area contributed by atoms with Gasteiger partial charge in [-0.15, -0.1) is 0 Å². The Kier molecular flexibility index (Phi) is 7.90. The van der Waals surface area contributed by atoms with Gasteiger partial charge in [0, 0.05) is 32.0 Å². The molecule has 1 saturated heterocycles. The fraction of sp³-hybridized carbons (Fsp3) is 0.652. The van der Waals surface area contributed by atoms with Crippen LogP contribution in [0.4, 0.5) is 0 Å². The molecule has 0 saturated carbocycles. The Morgan fingerprint density at radius 3 is 2.32 bits per heavy atom. The van der Waals surface area contributed by atoms with Gasteiger partial charge in [0.15, 0.2) is 0 Å². The first-order valence-electron chi connectivity index (χ1n) is 10.4. The third kappa shape index (κ3) is 7.17. The van der Waals surface area contributed by atoms with Crippen molar-refractivity contribution in [1.29, 1.82) is 0 Å². The maximum Gasteiger partial charge on any atom is 0.222 e. The van der Waals surface area contributed by atoms with Crippen molar-refractivity contribution in [3.8, 4) is 5.75 Å². The number of amides is 2. The minimum atomic E-state index is -0.000345. The normalized spacial score (nSPS) is 15.4. The summed E-state index contributed by atoms with van der Waals surface area (Å²) in [4.78, 5) is 26.4. The van der Waals surface area contributed by atoms with Crippen LogP contribution in [-0.2, 0) is 9.59 Å². The lowest BCUT2D eigenvalue weighted by atomic mass is 9.91. The minimum Gasteiger partial charge on any atom is -0.493 e. The van der Waals surface area contributed by atoms with E-state index in [-0.39, 0.29) is 23.3 Å². The highest BCUT2D eigenvalue weighted by atomic mass is 16.5. The molecule has 0 unspecified atom stereocenters. The fourth-order valence-electron chi connectivity index (χ4n) is 3.62. The summed E-state index contributed by atoms with van der Waals surface area (Å²) in [6.07, 6.45) is 3.42. The van der Waals surface area contributed by atoms with Gasteiger partial charge in [0.2, 0.25) is 11.8 Å². The number of carbonyl (C=O) groups is 2. The number of ether oxygens (including phenoxy) is 1. The number of benzene rings is 1. The smallest absolute Gasteiger partial charge is 0.222 e. The van der Waals surface area contributed by atoms with Crippen molar-refractivity contribution in [2.75, 3.05) is 19.7 Å². The molecule has 1 N–H and O–H groups in total. The van der Waals surface area contributed by atoms with Gasteiger partial charge < -0.3 is 15.0 Å². The first-order chi connectivity index (χ1) is 13.2. The Hall–Kier alpha value is -2.04. The summed E-state index contributed by atoms with van der Waals surface area (Å²) in [5.41, 5.74) is 2.25. The van der Waals surface area contributed by atoms with Crippen LogP contribution < -0.4 is 10.1 Å². The van der Waals surface area contributed by atoms with Crippen LogP contribution in [0, 0.1) is 19.3 Å². The van der Waals surface area contributed by atoms with Crippen molar-refractivity contribution in [2.24, 2.45) is 5.41 Å². The van der Waals surface area contributed by atoms with Crippen LogP contribution in [0.25, 0.3) is 0 Å². The number of hydrogen-bond acceptors (Lipinski definition) is 3. The molecule has 1 heterocycles. The van der Waals surface area contributed by atoms with E-state index in [2.05, 4.69) is 26.1 Å². The number of carbonyl (C=O) groups excluding carboxylic acids is 2. The zero-order chi connectivity index (χ0) is 20.7. The molecule has 1 fully saturated rings. The van der Waals surface area contributed by atoms with Gasteiger partial charge in [-0.2, -0.15) is 0 Å². The van der Waals surface area contributed by atoms with Gasteiger partial charge in [-0.3, -0.25) is 9.59 Å². The Morgan fingerprint density at radius 1 is 1.14 bits per heavy atom. The zero-order valence-corrected chi connectivity index (χ0v) is 18.1. The highest BCUT2D eigenvalue weighted by molar-refractivity contribution is 5.77. The Balaban J connectivity index is 1.66. The van der Waals surface area contributed by atoms with Crippen LogP contribution >= 0.6 is 0 Å². The maximum absolute atomic E-state index is 12.4. The van der Waals surface area contributed by atoms with Crippen molar-refractivity contribution >= 4 is 11.8 Å². The van der Waals surface area contributed by atoms with E-state index in [9.17, 15) is 9.59 Å².